The van der Waals surface area contributed by atoms with Gasteiger partial charge in [0.15, 0.2) is 0 Å². The topological polar surface area (TPSA) is 58.2 Å². The van der Waals surface area contributed by atoms with Gasteiger partial charge < -0.3 is 10.6 Å². The van der Waals surface area contributed by atoms with Gasteiger partial charge in [-0.25, -0.2) is 0 Å². The molecule has 4 heteroatoms. The molecule has 0 unspecified atom stereocenters. The molecule has 0 radical (unpaired) electrons. The maximum atomic E-state index is 11.9. The van der Waals surface area contributed by atoms with Crippen LogP contribution in [-0.4, -0.2) is 23.9 Å². The van der Waals surface area contributed by atoms with E-state index in [-0.39, 0.29) is 11.8 Å². The molecule has 116 valence electrons. The third kappa shape index (κ3) is 4.20. The van der Waals surface area contributed by atoms with Crippen molar-refractivity contribution in [1.29, 1.82) is 0 Å². The summed E-state index contributed by atoms with van der Waals surface area (Å²) >= 11 is 0. The Balaban J connectivity index is 1.52. The Morgan fingerprint density at radius 2 is 1.55 bits per heavy atom. The van der Waals surface area contributed by atoms with Gasteiger partial charge in [-0.15, -0.1) is 0 Å². The molecule has 4 nitrogen and oxygen atoms in total. The van der Waals surface area contributed by atoms with Gasteiger partial charge in [0.25, 0.3) is 5.91 Å². The summed E-state index contributed by atoms with van der Waals surface area (Å²) in [5.41, 5.74) is 1.59. The molecule has 0 aliphatic heterocycles. The van der Waals surface area contributed by atoms with E-state index in [1.165, 1.54) is 12.8 Å². The molecular weight excluding hydrogens is 276 g/mol. The highest BCUT2D eigenvalue weighted by molar-refractivity contribution is 5.95. The van der Waals surface area contributed by atoms with E-state index in [4.69, 9.17) is 0 Å². The summed E-state index contributed by atoms with van der Waals surface area (Å²) in [5.74, 6) is -0.0561. The molecule has 2 amide bonds. The van der Waals surface area contributed by atoms with E-state index in [1.807, 2.05) is 12.1 Å². The van der Waals surface area contributed by atoms with Crippen LogP contribution in [0.15, 0.2) is 30.3 Å². The van der Waals surface area contributed by atoms with Crippen LogP contribution >= 0.6 is 0 Å². The zero-order valence-corrected chi connectivity index (χ0v) is 12.7. The molecule has 0 aromatic heterocycles. The molecule has 0 bridgehead atoms. The molecule has 0 heterocycles. The first-order valence-corrected chi connectivity index (χ1v) is 8.10. The summed E-state index contributed by atoms with van der Waals surface area (Å²) in [7, 11) is 0. The molecule has 2 aliphatic rings. The van der Waals surface area contributed by atoms with Crippen molar-refractivity contribution in [2.45, 2.75) is 50.6 Å². The van der Waals surface area contributed by atoms with Gasteiger partial charge in [0, 0.05) is 23.7 Å². The Labute approximate surface area is 131 Å². The minimum Gasteiger partial charge on any atom is -0.350 e. The zero-order valence-electron chi connectivity index (χ0n) is 12.7. The molecule has 0 spiro atoms. The number of carbonyl (C=O) groups is 2. The normalized spacial score (nSPS) is 18.5. The third-order valence-corrected chi connectivity index (χ3v) is 4.21. The van der Waals surface area contributed by atoms with E-state index in [0.29, 0.717) is 17.6 Å². The van der Waals surface area contributed by atoms with Crippen LogP contribution in [-0.2, 0) is 4.79 Å². The lowest BCUT2D eigenvalue weighted by atomic mass is 10.1. The van der Waals surface area contributed by atoms with Crippen LogP contribution < -0.4 is 10.6 Å². The summed E-state index contributed by atoms with van der Waals surface area (Å²) < 4.78 is 0. The van der Waals surface area contributed by atoms with E-state index in [9.17, 15) is 9.59 Å². The van der Waals surface area contributed by atoms with Crippen molar-refractivity contribution in [3.63, 3.8) is 0 Å². The SMILES string of the molecule is O=C(/C=C/c1ccc(C(=O)NC2CC2)cc1)NC1CCCC1. The maximum Gasteiger partial charge on any atom is 0.251 e. The first-order valence-electron chi connectivity index (χ1n) is 8.10. The molecule has 0 atom stereocenters. The van der Waals surface area contributed by atoms with Crippen LogP contribution in [0.2, 0.25) is 0 Å². The number of benzene rings is 1. The second kappa shape index (κ2) is 6.77. The number of carbonyl (C=O) groups excluding carboxylic acids is 2. The summed E-state index contributed by atoms with van der Waals surface area (Å²) in [6.07, 6.45) is 10.1. The highest BCUT2D eigenvalue weighted by Gasteiger charge is 2.23. The minimum absolute atomic E-state index is 0.0167. The summed E-state index contributed by atoms with van der Waals surface area (Å²) in [5, 5.41) is 5.98. The molecule has 0 saturated heterocycles. The quantitative estimate of drug-likeness (QED) is 0.821. The van der Waals surface area contributed by atoms with Gasteiger partial charge in [0.2, 0.25) is 5.91 Å². The molecular formula is C18H22N2O2. The fourth-order valence-corrected chi connectivity index (χ4v) is 2.73. The fourth-order valence-electron chi connectivity index (χ4n) is 2.73. The number of nitrogens with one attached hydrogen (secondary N) is 2. The second-order valence-electron chi connectivity index (χ2n) is 6.19. The zero-order chi connectivity index (χ0) is 15.4. The van der Waals surface area contributed by atoms with Crippen molar-refractivity contribution in [2.24, 2.45) is 0 Å². The average molecular weight is 298 g/mol. The van der Waals surface area contributed by atoms with Gasteiger partial charge in [0.1, 0.15) is 0 Å². The largest absolute Gasteiger partial charge is 0.350 e. The molecule has 3 rings (SSSR count). The van der Waals surface area contributed by atoms with E-state index in [0.717, 1.165) is 31.2 Å². The first-order chi connectivity index (χ1) is 10.7. The van der Waals surface area contributed by atoms with Crippen molar-refractivity contribution >= 4 is 17.9 Å². The molecule has 2 saturated carbocycles. The lowest BCUT2D eigenvalue weighted by molar-refractivity contribution is -0.117. The number of rotatable bonds is 5. The average Bonchev–Trinajstić information content (AvgIpc) is 3.19. The van der Waals surface area contributed by atoms with E-state index >= 15 is 0 Å². The smallest absolute Gasteiger partial charge is 0.251 e. The Morgan fingerprint density at radius 1 is 0.909 bits per heavy atom. The molecule has 1 aromatic rings. The highest BCUT2D eigenvalue weighted by atomic mass is 16.2. The number of hydrogen-bond donors (Lipinski definition) is 2. The van der Waals surface area contributed by atoms with Crippen molar-refractivity contribution in [2.75, 3.05) is 0 Å². The molecule has 2 aliphatic carbocycles. The van der Waals surface area contributed by atoms with E-state index < -0.39 is 0 Å². The molecule has 22 heavy (non-hydrogen) atoms. The summed E-state index contributed by atoms with van der Waals surface area (Å²) in [6, 6.07) is 8.03. The third-order valence-electron chi connectivity index (χ3n) is 4.21. The molecule has 2 N–H and O–H groups in total. The van der Waals surface area contributed by atoms with Crippen LogP contribution in [0.5, 0.6) is 0 Å². The lowest BCUT2D eigenvalue weighted by Gasteiger charge is -2.09. The van der Waals surface area contributed by atoms with Crippen LogP contribution in [0.3, 0.4) is 0 Å². The maximum absolute atomic E-state index is 11.9. The predicted octanol–water partition coefficient (Wildman–Crippen LogP) is 2.65. The monoisotopic (exact) mass is 298 g/mol. The minimum atomic E-state index is -0.0394. The van der Waals surface area contributed by atoms with Gasteiger partial charge in [-0.3, -0.25) is 9.59 Å². The van der Waals surface area contributed by atoms with Gasteiger partial charge in [-0.1, -0.05) is 25.0 Å². The van der Waals surface area contributed by atoms with Crippen molar-refractivity contribution in [1.82, 2.24) is 10.6 Å². The van der Waals surface area contributed by atoms with Crippen molar-refractivity contribution in [3.8, 4) is 0 Å². The van der Waals surface area contributed by atoms with Crippen LogP contribution in [0, 0.1) is 0 Å². The number of amides is 2. The van der Waals surface area contributed by atoms with Crippen molar-refractivity contribution in [3.05, 3.63) is 41.5 Å². The van der Waals surface area contributed by atoms with Crippen molar-refractivity contribution < 1.29 is 9.59 Å². The fraction of sp³-hybridized carbons (Fsp3) is 0.444. The Hall–Kier alpha value is -2.10. The van der Waals surface area contributed by atoms with Gasteiger partial charge in [0.05, 0.1) is 0 Å². The van der Waals surface area contributed by atoms with Gasteiger partial charge in [-0.2, -0.15) is 0 Å². The lowest BCUT2D eigenvalue weighted by Crippen LogP contribution is -2.30. The molecule has 2 fully saturated rings. The van der Waals surface area contributed by atoms with E-state index in [1.54, 1.807) is 24.3 Å². The van der Waals surface area contributed by atoms with E-state index in [2.05, 4.69) is 10.6 Å². The van der Waals surface area contributed by atoms with Crippen LogP contribution in [0.1, 0.15) is 54.4 Å². The first kappa shape index (κ1) is 14.8. The number of hydrogen-bond acceptors (Lipinski definition) is 2. The Morgan fingerprint density at radius 3 is 2.18 bits per heavy atom. The summed E-state index contributed by atoms with van der Waals surface area (Å²) in [4.78, 5) is 23.7. The van der Waals surface area contributed by atoms with Crippen LogP contribution in [0.25, 0.3) is 6.08 Å². The summed E-state index contributed by atoms with van der Waals surface area (Å²) in [6.45, 7) is 0. The van der Waals surface area contributed by atoms with Gasteiger partial charge in [-0.05, 0) is 49.5 Å². The Bertz CT molecular complexity index is 567. The highest BCUT2D eigenvalue weighted by Crippen LogP contribution is 2.19. The van der Waals surface area contributed by atoms with Crippen LogP contribution in [0.4, 0.5) is 0 Å². The Kier molecular flexibility index (Phi) is 4.56. The second-order valence-corrected chi connectivity index (χ2v) is 6.19. The van der Waals surface area contributed by atoms with Gasteiger partial charge >= 0.3 is 0 Å². The predicted molar refractivity (Wildman–Crippen MR) is 86.4 cm³/mol. The molecule has 1 aromatic carbocycles. The standard InChI is InChI=1S/C18H22N2O2/c21-17(19-15-3-1-2-4-15)12-7-13-5-8-14(9-6-13)18(22)20-16-10-11-16/h5-9,12,15-16H,1-4,10-11H2,(H,19,21)(H,20,22)/b12-7+.